The molecule has 0 bridgehead atoms. The van der Waals surface area contributed by atoms with Crippen molar-refractivity contribution in [3.63, 3.8) is 0 Å². The van der Waals surface area contributed by atoms with E-state index in [1.807, 2.05) is 25.8 Å². The maximum Gasteiger partial charge on any atom is 0.209 e. The van der Waals surface area contributed by atoms with E-state index in [2.05, 4.69) is 4.98 Å². The number of likely N-dealkylation sites (N-methyl/N-ethyl adjacent to an activating group) is 1. The van der Waals surface area contributed by atoms with Crippen molar-refractivity contribution in [2.75, 3.05) is 13.7 Å². The van der Waals surface area contributed by atoms with Crippen LogP contribution in [0.15, 0.2) is 34.9 Å². The average molecular weight is 278 g/mol. The molecular formula is C15H19FN2O2. The Morgan fingerprint density at radius 2 is 1.95 bits per heavy atom. The monoisotopic (exact) mass is 278 g/mol. The first kappa shape index (κ1) is 14.7. The molecular weight excluding hydrogens is 259 g/mol. The number of rotatable bonds is 5. The minimum atomic E-state index is -0.343. The van der Waals surface area contributed by atoms with Crippen molar-refractivity contribution in [3.05, 3.63) is 42.2 Å². The van der Waals surface area contributed by atoms with E-state index in [4.69, 9.17) is 4.42 Å². The third kappa shape index (κ3) is 3.23. The highest BCUT2D eigenvalue weighted by Gasteiger charge is 2.23. The third-order valence-corrected chi connectivity index (χ3v) is 3.48. The number of halogens is 1. The Morgan fingerprint density at radius 3 is 2.55 bits per heavy atom. The van der Waals surface area contributed by atoms with Gasteiger partial charge in [0.2, 0.25) is 5.89 Å². The zero-order chi connectivity index (χ0) is 14.8. The van der Waals surface area contributed by atoms with Gasteiger partial charge in [0.05, 0.1) is 19.3 Å². The number of aliphatic hydroxyl groups excluding tert-OH is 1. The van der Waals surface area contributed by atoms with Gasteiger partial charge < -0.3 is 9.52 Å². The summed E-state index contributed by atoms with van der Waals surface area (Å²) in [6, 6.07) is 6.08. The first-order valence-corrected chi connectivity index (χ1v) is 6.45. The molecule has 0 spiro atoms. The molecule has 0 radical (unpaired) electrons. The van der Waals surface area contributed by atoms with Gasteiger partial charge in [-0.25, -0.2) is 9.37 Å². The second kappa shape index (κ2) is 5.73. The standard InChI is InChI=1S/C15H19FN2O2/c1-15(2,10-19)18(3)9-14-17-8-13(20-14)11-4-6-12(16)7-5-11/h4-8,19H,9-10H2,1-3H3. The summed E-state index contributed by atoms with van der Waals surface area (Å²) in [7, 11) is 1.90. The second-order valence-electron chi connectivity index (χ2n) is 5.45. The molecule has 0 saturated heterocycles. The number of aliphatic hydroxyl groups is 1. The van der Waals surface area contributed by atoms with Crippen LogP contribution in [0.2, 0.25) is 0 Å². The van der Waals surface area contributed by atoms with Crippen molar-refractivity contribution in [3.8, 4) is 11.3 Å². The number of hydrogen-bond acceptors (Lipinski definition) is 4. The molecule has 1 aromatic carbocycles. The van der Waals surface area contributed by atoms with E-state index < -0.39 is 0 Å². The van der Waals surface area contributed by atoms with Crippen LogP contribution in [0.1, 0.15) is 19.7 Å². The Labute approximate surface area is 117 Å². The Bertz CT molecular complexity index is 564. The minimum absolute atomic E-state index is 0.0506. The zero-order valence-corrected chi connectivity index (χ0v) is 11.9. The van der Waals surface area contributed by atoms with Crippen molar-refractivity contribution in [2.45, 2.75) is 25.9 Å². The quantitative estimate of drug-likeness (QED) is 0.913. The number of oxazole rings is 1. The maximum atomic E-state index is 12.9. The van der Waals surface area contributed by atoms with Gasteiger partial charge in [0.25, 0.3) is 0 Å². The molecule has 1 N–H and O–H groups in total. The van der Waals surface area contributed by atoms with Crippen LogP contribution in [0.25, 0.3) is 11.3 Å². The van der Waals surface area contributed by atoms with E-state index in [0.29, 0.717) is 18.2 Å². The highest BCUT2D eigenvalue weighted by Crippen LogP contribution is 2.22. The van der Waals surface area contributed by atoms with Gasteiger partial charge in [0.1, 0.15) is 5.82 Å². The second-order valence-corrected chi connectivity index (χ2v) is 5.45. The Kier molecular flexibility index (Phi) is 4.20. The summed E-state index contributed by atoms with van der Waals surface area (Å²) in [5.41, 5.74) is 0.444. The van der Waals surface area contributed by atoms with E-state index in [0.717, 1.165) is 5.56 Å². The summed E-state index contributed by atoms with van der Waals surface area (Å²) in [4.78, 5) is 6.18. The zero-order valence-electron chi connectivity index (χ0n) is 11.9. The molecule has 1 aromatic heterocycles. The van der Waals surface area contributed by atoms with Crippen molar-refractivity contribution in [1.82, 2.24) is 9.88 Å². The molecule has 0 aliphatic heterocycles. The lowest BCUT2D eigenvalue weighted by Crippen LogP contribution is -2.43. The smallest absolute Gasteiger partial charge is 0.209 e. The molecule has 2 rings (SSSR count). The molecule has 0 fully saturated rings. The number of hydrogen-bond donors (Lipinski definition) is 1. The van der Waals surface area contributed by atoms with Gasteiger partial charge in [-0.2, -0.15) is 0 Å². The summed E-state index contributed by atoms with van der Waals surface area (Å²) in [6.07, 6.45) is 1.63. The van der Waals surface area contributed by atoms with Gasteiger partial charge in [-0.05, 0) is 45.2 Å². The van der Waals surface area contributed by atoms with Gasteiger partial charge >= 0.3 is 0 Å². The first-order valence-electron chi connectivity index (χ1n) is 6.45. The van der Waals surface area contributed by atoms with E-state index in [9.17, 15) is 9.50 Å². The van der Waals surface area contributed by atoms with Crippen LogP contribution in [0.4, 0.5) is 4.39 Å². The van der Waals surface area contributed by atoms with Crippen LogP contribution < -0.4 is 0 Å². The van der Waals surface area contributed by atoms with Gasteiger partial charge in [-0.1, -0.05) is 0 Å². The molecule has 0 amide bonds. The highest BCUT2D eigenvalue weighted by atomic mass is 19.1. The van der Waals surface area contributed by atoms with Crippen LogP contribution >= 0.6 is 0 Å². The highest BCUT2D eigenvalue weighted by molar-refractivity contribution is 5.55. The summed E-state index contributed by atoms with van der Waals surface area (Å²) < 4.78 is 18.5. The van der Waals surface area contributed by atoms with Crippen LogP contribution in [-0.4, -0.2) is 34.2 Å². The van der Waals surface area contributed by atoms with Gasteiger partial charge in [-0.15, -0.1) is 0 Å². The molecule has 0 atom stereocenters. The van der Waals surface area contributed by atoms with Crippen molar-refractivity contribution < 1.29 is 13.9 Å². The van der Waals surface area contributed by atoms with Crippen LogP contribution in [0, 0.1) is 5.82 Å². The molecule has 0 saturated carbocycles. The fraction of sp³-hybridized carbons (Fsp3) is 0.400. The van der Waals surface area contributed by atoms with Crippen LogP contribution in [0.5, 0.6) is 0 Å². The minimum Gasteiger partial charge on any atom is -0.439 e. The largest absolute Gasteiger partial charge is 0.439 e. The topological polar surface area (TPSA) is 49.5 Å². The average Bonchev–Trinajstić information content (AvgIpc) is 2.88. The molecule has 5 heteroatoms. The van der Waals surface area contributed by atoms with Crippen LogP contribution in [-0.2, 0) is 6.54 Å². The Hall–Kier alpha value is -1.72. The molecule has 20 heavy (non-hydrogen) atoms. The van der Waals surface area contributed by atoms with Gasteiger partial charge in [0.15, 0.2) is 5.76 Å². The molecule has 0 aliphatic carbocycles. The van der Waals surface area contributed by atoms with Gasteiger partial charge in [0, 0.05) is 11.1 Å². The van der Waals surface area contributed by atoms with Crippen molar-refractivity contribution >= 4 is 0 Å². The predicted octanol–water partition coefficient (Wildman–Crippen LogP) is 2.68. The Balaban J connectivity index is 2.11. The SMILES string of the molecule is CN(Cc1ncc(-c2ccc(F)cc2)o1)C(C)(C)CO. The normalized spacial score (nSPS) is 12.1. The summed E-state index contributed by atoms with van der Waals surface area (Å²) in [5.74, 6) is 0.890. The van der Waals surface area contributed by atoms with E-state index in [-0.39, 0.29) is 18.0 Å². The van der Waals surface area contributed by atoms with E-state index in [1.165, 1.54) is 12.1 Å². The number of nitrogens with zero attached hydrogens (tertiary/aromatic N) is 2. The summed E-state index contributed by atoms with van der Waals surface area (Å²) >= 11 is 0. The fourth-order valence-corrected chi connectivity index (χ4v) is 1.67. The molecule has 0 unspecified atom stereocenters. The van der Waals surface area contributed by atoms with E-state index >= 15 is 0 Å². The Morgan fingerprint density at radius 1 is 1.30 bits per heavy atom. The van der Waals surface area contributed by atoms with Crippen LogP contribution in [0.3, 0.4) is 0 Å². The molecule has 0 aliphatic rings. The lowest BCUT2D eigenvalue weighted by molar-refractivity contribution is 0.0670. The fourth-order valence-electron chi connectivity index (χ4n) is 1.67. The molecule has 108 valence electrons. The van der Waals surface area contributed by atoms with Gasteiger partial charge in [-0.3, -0.25) is 4.90 Å². The molecule has 4 nitrogen and oxygen atoms in total. The van der Waals surface area contributed by atoms with Crippen molar-refractivity contribution in [2.24, 2.45) is 0 Å². The summed E-state index contributed by atoms with van der Waals surface area (Å²) in [5, 5.41) is 9.32. The molecule has 2 aromatic rings. The number of benzene rings is 1. The summed E-state index contributed by atoms with van der Waals surface area (Å²) in [6.45, 7) is 4.43. The third-order valence-electron chi connectivity index (χ3n) is 3.48. The lowest BCUT2D eigenvalue weighted by Gasteiger charge is -2.32. The first-order chi connectivity index (χ1) is 9.42. The number of aromatic nitrogens is 1. The molecule has 1 heterocycles. The predicted molar refractivity (Wildman–Crippen MR) is 74.5 cm³/mol. The lowest BCUT2D eigenvalue weighted by atomic mass is 10.1. The maximum absolute atomic E-state index is 12.9. The van der Waals surface area contributed by atoms with E-state index in [1.54, 1.807) is 18.3 Å². The van der Waals surface area contributed by atoms with Crippen molar-refractivity contribution in [1.29, 1.82) is 0 Å².